The van der Waals surface area contributed by atoms with Gasteiger partial charge in [-0.05, 0) is 18.2 Å². The van der Waals surface area contributed by atoms with Gasteiger partial charge in [0, 0.05) is 25.7 Å². The first-order chi connectivity index (χ1) is 7.61. The minimum Gasteiger partial charge on any atom is -0.372 e. The van der Waals surface area contributed by atoms with Crippen LogP contribution in [-0.2, 0) is 7.05 Å². The molecule has 0 unspecified atom stereocenters. The van der Waals surface area contributed by atoms with Crippen LogP contribution in [0.3, 0.4) is 0 Å². The van der Waals surface area contributed by atoms with Crippen LogP contribution in [0.25, 0.3) is 11.3 Å². The summed E-state index contributed by atoms with van der Waals surface area (Å²) >= 11 is 0. The lowest BCUT2D eigenvalue weighted by atomic mass is 10.1. The molecule has 1 heterocycles. The molecule has 0 spiro atoms. The van der Waals surface area contributed by atoms with E-state index in [0.29, 0.717) is 11.4 Å². The van der Waals surface area contributed by atoms with Gasteiger partial charge in [-0.15, -0.1) is 0 Å². The first kappa shape index (κ1) is 10.6. The van der Waals surface area contributed by atoms with Crippen molar-refractivity contribution < 1.29 is 8.78 Å². The third-order valence-corrected chi connectivity index (χ3v) is 2.35. The van der Waals surface area contributed by atoms with Crippen molar-refractivity contribution in [3.8, 4) is 11.3 Å². The Morgan fingerprint density at radius 2 is 1.94 bits per heavy atom. The van der Waals surface area contributed by atoms with Crippen LogP contribution in [0.5, 0.6) is 0 Å². The smallest absolute Gasteiger partial charge is 0.159 e. The van der Waals surface area contributed by atoms with Gasteiger partial charge in [0.25, 0.3) is 0 Å². The maximum Gasteiger partial charge on any atom is 0.159 e. The van der Waals surface area contributed by atoms with Crippen LogP contribution in [0.15, 0.2) is 24.3 Å². The van der Waals surface area contributed by atoms with E-state index in [2.05, 4.69) is 10.4 Å². The number of aromatic nitrogens is 2. The summed E-state index contributed by atoms with van der Waals surface area (Å²) in [4.78, 5) is 0. The van der Waals surface area contributed by atoms with Gasteiger partial charge in [-0.3, -0.25) is 4.68 Å². The number of rotatable bonds is 2. The summed E-state index contributed by atoms with van der Waals surface area (Å²) in [5.74, 6) is -1.02. The summed E-state index contributed by atoms with van der Waals surface area (Å²) in [6.07, 6.45) is 0. The highest BCUT2D eigenvalue weighted by Gasteiger charge is 2.09. The lowest BCUT2D eigenvalue weighted by Gasteiger charge is -2.01. The highest BCUT2D eigenvalue weighted by molar-refractivity contribution is 5.63. The van der Waals surface area contributed by atoms with Crippen LogP contribution < -0.4 is 5.32 Å². The average Bonchev–Trinajstić information content (AvgIpc) is 2.64. The van der Waals surface area contributed by atoms with Crippen LogP contribution in [0.2, 0.25) is 0 Å². The molecule has 1 aromatic carbocycles. The van der Waals surface area contributed by atoms with Gasteiger partial charge in [0.2, 0.25) is 0 Å². The summed E-state index contributed by atoms with van der Waals surface area (Å²) in [5.41, 5.74) is 1.32. The van der Waals surface area contributed by atoms with Crippen LogP contribution in [0, 0.1) is 11.6 Å². The van der Waals surface area contributed by atoms with E-state index in [-0.39, 0.29) is 0 Å². The molecular formula is C11H11F2N3. The van der Waals surface area contributed by atoms with Crippen molar-refractivity contribution >= 4 is 5.82 Å². The van der Waals surface area contributed by atoms with E-state index in [4.69, 9.17) is 0 Å². The predicted octanol–water partition coefficient (Wildman–Crippen LogP) is 2.41. The number of anilines is 1. The molecule has 0 saturated carbocycles. The normalized spacial score (nSPS) is 10.5. The molecule has 0 aliphatic heterocycles. The molecule has 0 atom stereocenters. The molecule has 84 valence electrons. The molecule has 0 bridgehead atoms. The number of hydrogen-bond acceptors (Lipinski definition) is 2. The maximum absolute atomic E-state index is 13.1. The van der Waals surface area contributed by atoms with Crippen LogP contribution in [0.4, 0.5) is 14.6 Å². The number of halogens is 2. The molecule has 1 aromatic heterocycles. The Bertz CT molecular complexity index is 520. The molecule has 0 radical (unpaired) electrons. The van der Waals surface area contributed by atoms with E-state index in [0.717, 1.165) is 17.8 Å². The zero-order valence-electron chi connectivity index (χ0n) is 8.96. The number of nitrogens with zero attached hydrogens (tertiary/aromatic N) is 2. The van der Waals surface area contributed by atoms with E-state index in [1.165, 1.54) is 6.07 Å². The fourth-order valence-electron chi connectivity index (χ4n) is 1.52. The largest absolute Gasteiger partial charge is 0.372 e. The molecule has 0 aliphatic rings. The van der Waals surface area contributed by atoms with Crippen molar-refractivity contribution in [2.75, 3.05) is 12.4 Å². The zero-order valence-corrected chi connectivity index (χ0v) is 8.96. The van der Waals surface area contributed by atoms with Crippen molar-refractivity contribution in [1.82, 2.24) is 9.78 Å². The highest BCUT2D eigenvalue weighted by Crippen LogP contribution is 2.23. The topological polar surface area (TPSA) is 29.9 Å². The second-order valence-electron chi connectivity index (χ2n) is 3.42. The fraction of sp³-hybridized carbons (Fsp3) is 0.182. The third-order valence-electron chi connectivity index (χ3n) is 2.35. The molecule has 0 fully saturated rings. The second-order valence-corrected chi connectivity index (χ2v) is 3.42. The van der Waals surface area contributed by atoms with Gasteiger partial charge in [-0.1, -0.05) is 0 Å². The third kappa shape index (κ3) is 1.76. The minimum absolute atomic E-state index is 0.593. The Labute approximate surface area is 91.7 Å². The lowest BCUT2D eigenvalue weighted by molar-refractivity contribution is 0.509. The van der Waals surface area contributed by atoms with Crippen molar-refractivity contribution in [3.63, 3.8) is 0 Å². The van der Waals surface area contributed by atoms with Gasteiger partial charge in [0.1, 0.15) is 5.82 Å². The molecule has 5 heteroatoms. The van der Waals surface area contributed by atoms with Crippen LogP contribution in [0.1, 0.15) is 0 Å². The number of nitrogens with one attached hydrogen (secondary N) is 1. The van der Waals surface area contributed by atoms with Gasteiger partial charge in [0.05, 0.1) is 5.69 Å². The fourth-order valence-corrected chi connectivity index (χ4v) is 1.52. The van der Waals surface area contributed by atoms with Crippen molar-refractivity contribution in [3.05, 3.63) is 35.9 Å². The van der Waals surface area contributed by atoms with Gasteiger partial charge < -0.3 is 5.32 Å². The van der Waals surface area contributed by atoms with E-state index >= 15 is 0 Å². The molecule has 16 heavy (non-hydrogen) atoms. The Balaban J connectivity index is 2.49. The Hall–Kier alpha value is -1.91. The molecule has 0 saturated heterocycles. The minimum atomic E-state index is -0.857. The van der Waals surface area contributed by atoms with Gasteiger partial charge in [0.15, 0.2) is 11.6 Å². The molecule has 2 rings (SSSR count). The molecular weight excluding hydrogens is 212 g/mol. The first-order valence-corrected chi connectivity index (χ1v) is 4.79. The van der Waals surface area contributed by atoms with E-state index < -0.39 is 11.6 Å². The molecule has 0 amide bonds. The molecule has 1 N–H and O–H groups in total. The van der Waals surface area contributed by atoms with Crippen molar-refractivity contribution in [2.45, 2.75) is 0 Å². The highest BCUT2D eigenvalue weighted by atomic mass is 19.2. The Kier molecular flexibility index (Phi) is 2.60. The molecule has 3 nitrogen and oxygen atoms in total. The monoisotopic (exact) mass is 223 g/mol. The van der Waals surface area contributed by atoms with Crippen molar-refractivity contribution in [2.24, 2.45) is 7.05 Å². The predicted molar refractivity (Wildman–Crippen MR) is 58.1 cm³/mol. The summed E-state index contributed by atoms with van der Waals surface area (Å²) < 4.78 is 27.5. The standard InChI is InChI=1S/C11H11F2N3/c1-14-11-6-10(16(2)15-11)7-3-4-8(12)9(13)5-7/h3-6H,1-2H3,(H,14,15). The van der Waals surface area contributed by atoms with E-state index in [1.54, 1.807) is 24.8 Å². The summed E-state index contributed by atoms with van der Waals surface area (Å²) in [5, 5.41) is 7.03. The quantitative estimate of drug-likeness (QED) is 0.847. The molecule has 0 aliphatic carbocycles. The van der Waals surface area contributed by atoms with Gasteiger partial charge >= 0.3 is 0 Å². The SMILES string of the molecule is CNc1cc(-c2ccc(F)c(F)c2)n(C)n1. The summed E-state index contributed by atoms with van der Waals surface area (Å²) in [7, 11) is 3.49. The van der Waals surface area contributed by atoms with Gasteiger partial charge in [-0.2, -0.15) is 5.10 Å². The molecule has 2 aromatic rings. The first-order valence-electron chi connectivity index (χ1n) is 4.79. The van der Waals surface area contributed by atoms with Crippen LogP contribution >= 0.6 is 0 Å². The Morgan fingerprint density at radius 1 is 1.19 bits per heavy atom. The van der Waals surface area contributed by atoms with E-state index in [1.807, 2.05) is 0 Å². The number of benzene rings is 1. The summed E-state index contributed by atoms with van der Waals surface area (Å²) in [6.45, 7) is 0. The number of hydrogen-bond donors (Lipinski definition) is 1. The zero-order chi connectivity index (χ0) is 11.7. The van der Waals surface area contributed by atoms with E-state index in [9.17, 15) is 8.78 Å². The maximum atomic E-state index is 13.1. The lowest BCUT2D eigenvalue weighted by Crippen LogP contribution is -1.95. The van der Waals surface area contributed by atoms with Crippen molar-refractivity contribution in [1.29, 1.82) is 0 Å². The number of aryl methyl sites for hydroxylation is 1. The second kappa shape index (κ2) is 3.92. The Morgan fingerprint density at radius 3 is 2.50 bits per heavy atom. The summed E-state index contributed by atoms with van der Waals surface area (Å²) in [6, 6.07) is 5.56. The van der Waals surface area contributed by atoms with Gasteiger partial charge in [-0.25, -0.2) is 8.78 Å². The average molecular weight is 223 g/mol. The van der Waals surface area contributed by atoms with Crippen LogP contribution in [-0.4, -0.2) is 16.8 Å².